The number of thiophene rings is 1. The molecule has 0 radical (unpaired) electrons. The number of amides is 2. The fraction of sp³-hybridized carbons (Fsp3) is 0.391. The van der Waals surface area contributed by atoms with Gasteiger partial charge in [0.25, 0.3) is 11.8 Å². The molecule has 0 unspecified atom stereocenters. The van der Waals surface area contributed by atoms with E-state index >= 15 is 0 Å². The summed E-state index contributed by atoms with van der Waals surface area (Å²) in [6, 6.07) is 7.62. The van der Waals surface area contributed by atoms with E-state index in [9.17, 15) is 9.59 Å². The second-order valence-electron chi connectivity index (χ2n) is 7.65. The molecule has 0 atom stereocenters. The maximum absolute atomic E-state index is 12.6. The van der Waals surface area contributed by atoms with Crippen LogP contribution in [-0.4, -0.2) is 58.9 Å². The summed E-state index contributed by atoms with van der Waals surface area (Å²) in [6.07, 6.45) is 5.54. The molecule has 0 bridgehead atoms. The molecule has 162 valence electrons. The molecule has 1 saturated carbocycles. The molecule has 1 aliphatic carbocycles. The molecule has 0 spiro atoms. The van der Waals surface area contributed by atoms with Gasteiger partial charge in [-0.3, -0.25) is 14.6 Å². The Morgan fingerprint density at radius 2 is 1.90 bits per heavy atom. The Hall–Kier alpha value is -2.84. The molecule has 2 amide bonds. The quantitative estimate of drug-likeness (QED) is 0.536. The van der Waals surface area contributed by atoms with E-state index in [0.29, 0.717) is 22.6 Å². The molecule has 0 aromatic carbocycles. The summed E-state index contributed by atoms with van der Waals surface area (Å²) in [5, 5.41) is 6.83. The van der Waals surface area contributed by atoms with Gasteiger partial charge < -0.3 is 15.5 Å². The summed E-state index contributed by atoms with van der Waals surface area (Å²) in [4.78, 5) is 37.8. The highest BCUT2D eigenvalue weighted by molar-refractivity contribution is 7.17. The monoisotopic (exact) mass is 437 g/mol. The lowest BCUT2D eigenvalue weighted by Crippen LogP contribution is -2.34. The summed E-state index contributed by atoms with van der Waals surface area (Å²) in [5.74, 6) is -0.222. The molecule has 3 heterocycles. The van der Waals surface area contributed by atoms with Crippen molar-refractivity contribution < 1.29 is 9.59 Å². The maximum atomic E-state index is 12.6. The van der Waals surface area contributed by atoms with Gasteiger partial charge in [0.05, 0.1) is 10.4 Å². The van der Waals surface area contributed by atoms with Crippen LogP contribution in [0.4, 0.5) is 0 Å². The van der Waals surface area contributed by atoms with Crippen molar-refractivity contribution in [2.75, 3.05) is 26.2 Å². The van der Waals surface area contributed by atoms with E-state index in [1.54, 1.807) is 18.5 Å². The topological polar surface area (TPSA) is 87.2 Å². The van der Waals surface area contributed by atoms with Crippen molar-refractivity contribution in [3.05, 3.63) is 47.2 Å². The molecule has 2 N–H and O–H groups in total. The van der Waals surface area contributed by atoms with Crippen LogP contribution in [0.2, 0.25) is 0 Å². The predicted molar refractivity (Wildman–Crippen MR) is 123 cm³/mol. The summed E-state index contributed by atoms with van der Waals surface area (Å²) in [7, 11) is 0. The van der Waals surface area contributed by atoms with Crippen LogP contribution >= 0.6 is 11.3 Å². The average Bonchev–Trinajstić information content (AvgIpc) is 3.47. The van der Waals surface area contributed by atoms with Gasteiger partial charge in [0.2, 0.25) is 0 Å². The molecule has 1 aliphatic rings. The fourth-order valence-corrected chi connectivity index (χ4v) is 4.33. The van der Waals surface area contributed by atoms with Crippen LogP contribution in [0.5, 0.6) is 0 Å². The van der Waals surface area contributed by atoms with Crippen molar-refractivity contribution >= 4 is 34.1 Å². The van der Waals surface area contributed by atoms with Crippen LogP contribution in [0, 0.1) is 0 Å². The van der Waals surface area contributed by atoms with Gasteiger partial charge in [0, 0.05) is 47.4 Å². The number of rotatable bonds is 9. The molecule has 1 fully saturated rings. The Morgan fingerprint density at radius 3 is 2.65 bits per heavy atom. The Labute approximate surface area is 185 Å². The number of fused-ring (bicyclic) bond motifs is 1. The minimum absolute atomic E-state index is 0.0749. The zero-order chi connectivity index (χ0) is 21.8. The first kappa shape index (κ1) is 21.4. The van der Waals surface area contributed by atoms with Crippen LogP contribution in [0.1, 0.15) is 46.8 Å². The van der Waals surface area contributed by atoms with Gasteiger partial charge in [-0.25, -0.2) is 4.98 Å². The van der Waals surface area contributed by atoms with Crippen molar-refractivity contribution in [1.29, 1.82) is 0 Å². The highest BCUT2D eigenvalue weighted by atomic mass is 32.1. The van der Waals surface area contributed by atoms with E-state index in [0.717, 1.165) is 48.3 Å². The van der Waals surface area contributed by atoms with Crippen molar-refractivity contribution in [2.45, 2.75) is 32.7 Å². The minimum Gasteiger partial charge on any atom is -0.350 e. The van der Waals surface area contributed by atoms with E-state index in [1.807, 2.05) is 18.2 Å². The first-order chi connectivity index (χ1) is 15.1. The molecular formula is C23H27N5O2S. The molecule has 3 aromatic heterocycles. The molecule has 8 heteroatoms. The first-order valence-corrected chi connectivity index (χ1v) is 11.6. The van der Waals surface area contributed by atoms with Crippen LogP contribution in [0.25, 0.3) is 21.3 Å². The SMILES string of the molecule is CCN(CC)CCNC(=O)c1ccc(-c2cncc3ccc(C(=O)NC4CC4)nc23)s1. The Morgan fingerprint density at radius 1 is 1.10 bits per heavy atom. The summed E-state index contributed by atoms with van der Waals surface area (Å²) in [6.45, 7) is 7.62. The number of carbonyl (C=O) groups is 2. The van der Waals surface area contributed by atoms with Crippen molar-refractivity contribution in [3.8, 4) is 10.4 Å². The molecule has 3 aromatic rings. The summed E-state index contributed by atoms with van der Waals surface area (Å²) < 4.78 is 0. The number of pyridine rings is 2. The number of nitrogens with one attached hydrogen (secondary N) is 2. The molecule has 4 rings (SSSR count). The largest absolute Gasteiger partial charge is 0.350 e. The summed E-state index contributed by atoms with van der Waals surface area (Å²) in [5.41, 5.74) is 1.94. The fourth-order valence-electron chi connectivity index (χ4n) is 3.40. The second-order valence-corrected chi connectivity index (χ2v) is 8.73. The molecule has 0 aliphatic heterocycles. The number of nitrogens with zero attached hydrogens (tertiary/aromatic N) is 3. The zero-order valence-corrected chi connectivity index (χ0v) is 18.7. The van der Waals surface area contributed by atoms with Gasteiger partial charge >= 0.3 is 0 Å². The van der Waals surface area contributed by atoms with Gasteiger partial charge in [-0.15, -0.1) is 11.3 Å². The van der Waals surface area contributed by atoms with E-state index in [2.05, 4.69) is 39.3 Å². The third-order valence-corrected chi connectivity index (χ3v) is 6.56. The van der Waals surface area contributed by atoms with Crippen LogP contribution in [0.15, 0.2) is 36.7 Å². The lowest BCUT2D eigenvalue weighted by molar-refractivity contribution is 0.0941. The number of hydrogen-bond donors (Lipinski definition) is 2. The molecule has 7 nitrogen and oxygen atoms in total. The van der Waals surface area contributed by atoms with Crippen molar-refractivity contribution in [2.24, 2.45) is 0 Å². The number of aromatic nitrogens is 2. The molecule has 0 saturated heterocycles. The molecular weight excluding hydrogens is 410 g/mol. The molecule has 31 heavy (non-hydrogen) atoms. The highest BCUT2D eigenvalue weighted by Gasteiger charge is 2.24. The maximum Gasteiger partial charge on any atom is 0.270 e. The highest BCUT2D eigenvalue weighted by Crippen LogP contribution is 2.32. The van der Waals surface area contributed by atoms with Gasteiger partial charge in [-0.2, -0.15) is 0 Å². The van der Waals surface area contributed by atoms with Crippen LogP contribution in [0.3, 0.4) is 0 Å². The Bertz CT molecular complexity index is 1090. The van der Waals surface area contributed by atoms with Crippen LogP contribution in [-0.2, 0) is 0 Å². The second kappa shape index (κ2) is 9.53. The van der Waals surface area contributed by atoms with Gasteiger partial charge in [0.1, 0.15) is 5.69 Å². The van der Waals surface area contributed by atoms with Crippen LogP contribution < -0.4 is 10.6 Å². The normalized spacial score (nSPS) is 13.5. The van der Waals surface area contributed by atoms with Gasteiger partial charge in [0.15, 0.2) is 0 Å². The van der Waals surface area contributed by atoms with Gasteiger partial charge in [-0.1, -0.05) is 13.8 Å². The van der Waals surface area contributed by atoms with E-state index in [4.69, 9.17) is 0 Å². The van der Waals surface area contributed by atoms with Gasteiger partial charge in [-0.05, 0) is 50.2 Å². The van der Waals surface area contributed by atoms with E-state index < -0.39 is 0 Å². The van der Waals surface area contributed by atoms with Crippen molar-refractivity contribution in [1.82, 2.24) is 25.5 Å². The van der Waals surface area contributed by atoms with E-state index in [-0.39, 0.29) is 17.9 Å². The lowest BCUT2D eigenvalue weighted by atomic mass is 10.1. The third-order valence-electron chi connectivity index (χ3n) is 5.45. The first-order valence-electron chi connectivity index (χ1n) is 10.8. The Kier molecular flexibility index (Phi) is 6.58. The standard InChI is InChI=1S/C23H27N5O2S/c1-3-28(4-2)12-11-25-23(30)20-10-9-19(31-20)17-14-24-13-15-5-8-18(27-21(15)17)22(29)26-16-6-7-16/h5,8-10,13-14,16H,3-4,6-7,11-12H2,1-2H3,(H,25,30)(H,26,29). The third kappa shape index (κ3) is 5.08. The number of carbonyl (C=O) groups excluding carboxylic acids is 2. The average molecular weight is 438 g/mol. The summed E-state index contributed by atoms with van der Waals surface area (Å²) >= 11 is 1.41. The predicted octanol–water partition coefficient (Wildman–Crippen LogP) is 3.32. The number of hydrogen-bond acceptors (Lipinski definition) is 6. The lowest BCUT2D eigenvalue weighted by Gasteiger charge is -2.17. The van der Waals surface area contributed by atoms with Crippen molar-refractivity contribution in [3.63, 3.8) is 0 Å². The Balaban J connectivity index is 1.52. The zero-order valence-electron chi connectivity index (χ0n) is 17.9. The van der Waals surface area contributed by atoms with E-state index in [1.165, 1.54) is 11.3 Å². The number of likely N-dealkylation sites (N-methyl/N-ethyl adjacent to an activating group) is 1. The smallest absolute Gasteiger partial charge is 0.270 e. The minimum atomic E-state index is -0.147.